The minimum absolute atomic E-state index is 0.0497. The molecule has 0 radical (unpaired) electrons. The minimum atomic E-state index is -1.51. The molecule has 6 heterocycles. The standard InChI is InChI=1S/C60H80N4O15/c1-9-32-25-57(6)26-37(55(69)70)28(2)24-60(57)51(67)48(54(68)64-60)50(66)59(8)33(21-41(32)65)17-18-35-38(59)14-12-16-43(35)77-45-20-19-42(29(3)73-45)76-47-27-58(7,72)52(31(5)75-47)79-46-23-44(49(61)30(4)74-46)78-56(71)40-22-36-34-13-10-11-15-39(34)62-53(36)63-40/h10-11,13,15,17-18,22,26,28-33,35,38,41-47,49,52,62-63,65-66,72H,9,12,14,16,19-21,23-25,27,61H2,1-8H3,(H,64,68)(H,69,70)/b50-48-/t28?,29-,30+,31+,32?,33?,35?,38?,41?,42-,43-,44+,45+,46-,47-,49-,52+,57?,58-,59?,60?/m1/s1. The minimum Gasteiger partial charge on any atom is -0.511 e. The Balaban J connectivity index is 0.729. The number of aromatic nitrogens is 2. The number of aromatic amines is 2. The van der Waals surface area contributed by atoms with E-state index >= 15 is 4.79 Å². The maximum Gasteiger partial charge on any atom is 0.355 e. The van der Waals surface area contributed by atoms with Gasteiger partial charge in [-0.25, -0.2) is 9.59 Å². The number of fused-ring (bicyclic) bond motifs is 7. The van der Waals surface area contributed by atoms with E-state index in [-0.39, 0.29) is 72.9 Å². The molecule has 21 atom stereocenters. The van der Waals surface area contributed by atoms with Gasteiger partial charge >= 0.3 is 11.9 Å². The van der Waals surface area contributed by atoms with E-state index in [9.17, 15) is 34.8 Å². The Labute approximate surface area is 460 Å². The number of aliphatic carboxylic acids is 1. The molecule has 430 valence electrons. The fourth-order valence-electron chi connectivity index (χ4n) is 15.5. The zero-order valence-corrected chi connectivity index (χ0v) is 46.6. The van der Waals surface area contributed by atoms with Crippen LogP contribution in [0.5, 0.6) is 0 Å². The molecule has 2 bridgehead atoms. The Morgan fingerprint density at radius 2 is 1.56 bits per heavy atom. The number of hydrogen-bond donors (Lipinski definition) is 8. The van der Waals surface area contributed by atoms with Crippen molar-refractivity contribution >= 4 is 45.6 Å². The van der Waals surface area contributed by atoms with Gasteiger partial charge in [0.15, 0.2) is 24.7 Å². The summed E-state index contributed by atoms with van der Waals surface area (Å²) in [5.41, 5.74) is 3.17. The number of carbonyl (C=O) groups excluding carboxylic acids is 3. The number of para-hydroxylation sites is 1. The normalized spacial score (nSPS) is 44.5. The zero-order valence-electron chi connectivity index (χ0n) is 46.6. The lowest BCUT2D eigenvalue weighted by atomic mass is 9.53. The van der Waals surface area contributed by atoms with Gasteiger partial charge in [0.25, 0.3) is 5.91 Å². The number of aliphatic hydroxyl groups is 3. The summed E-state index contributed by atoms with van der Waals surface area (Å²) in [6.45, 7) is 14.7. The quantitative estimate of drug-likeness (QED) is 0.0562. The topological polar surface area (TPSA) is 283 Å². The van der Waals surface area contributed by atoms with Gasteiger partial charge in [0, 0.05) is 57.9 Å². The number of ether oxygens (including phenoxy) is 7. The molecule has 9 N–H and O–H groups in total. The van der Waals surface area contributed by atoms with E-state index in [1.54, 1.807) is 39.8 Å². The first-order chi connectivity index (χ1) is 37.4. The van der Waals surface area contributed by atoms with Crippen molar-refractivity contribution in [2.45, 2.75) is 211 Å². The van der Waals surface area contributed by atoms with Crippen LogP contribution in [-0.4, -0.2) is 139 Å². The second-order valence-corrected chi connectivity index (χ2v) is 25.2. The molecule has 19 heteroatoms. The molecule has 5 fully saturated rings. The first-order valence-electron chi connectivity index (χ1n) is 28.8. The number of amides is 1. The Bertz CT molecular complexity index is 2960. The summed E-state index contributed by atoms with van der Waals surface area (Å²) in [6, 6.07) is 8.98. The Kier molecular flexibility index (Phi) is 14.7. The number of carbonyl (C=O) groups is 4. The molecular weight excluding hydrogens is 1020 g/mol. The molecular formula is C60H80N4O15. The van der Waals surface area contributed by atoms with Crippen LogP contribution in [0, 0.1) is 40.4 Å². The third kappa shape index (κ3) is 9.59. The Morgan fingerprint density at radius 3 is 2.29 bits per heavy atom. The van der Waals surface area contributed by atoms with Crippen molar-refractivity contribution in [3.05, 3.63) is 71.2 Å². The number of carboxylic acid groups (broad SMARTS) is 1. The van der Waals surface area contributed by atoms with Gasteiger partial charge in [0.1, 0.15) is 40.4 Å². The van der Waals surface area contributed by atoms with Crippen LogP contribution in [0.4, 0.5) is 0 Å². The predicted molar refractivity (Wildman–Crippen MR) is 288 cm³/mol. The van der Waals surface area contributed by atoms with Crippen molar-refractivity contribution in [1.82, 2.24) is 15.3 Å². The SMILES string of the molecule is CCC1CC2(C)C=C(C(=O)O)C(C)CC23NC(=O)/C(=C(\O)C2(C)C(C=CC4C2CCC[C@H]4O[C@H]2CC[C@@H](O[C@@H]4C[C@@](C)(O)[C@@H](O[C@@H]5C[C@H](OC(=O)c6cc7c([nH]6)[nH]c6ccccc67)[C@H](N)[C@H](C)O5)[C@H](C)O4)[C@@H](C)O2)CC1O)C3=O. The predicted octanol–water partition coefficient (Wildman–Crippen LogP) is 7.30. The second-order valence-electron chi connectivity index (χ2n) is 25.2. The largest absolute Gasteiger partial charge is 0.511 e. The van der Waals surface area contributed by atoms with Crippen molar-refractivity contribution in [3.8, 4) is 0 Å². The van der Waals surface area contributed by atoms with Crippen molar-refractivity contribution in [3.63, 3.8) is 0 Å². The number of nitrogens with one attached hydrogen (secondary N) is 3. The van der Waals surface area contributed by atoms with Crippen molar-refractivity contribution < 1.29 is 72.8 Å². The van der Waals surface area contributed by atoms with E-state index in [0.717, 1.165) is 22.7 Å². The lowest BCUT2D eigenvalue weighted by Crippen LogP contribution is -2.61. The fourth-order valence-corrected chi connectivity index (χ4v) is 15.5. The number of rotatable bonds is 10. The van der Waals surface area contributed by atoms with Crippen molar-refractivity contribution in [2.24, 2.45) is 46.2 Å². The van der Waals surface area contributed by atoms with Crippen LogP contribution in [0.15, 0.2) is 65.5 Å². The highest BCUT2D eigenvalue weighted by molar-refractivity contribution is 6.29. The van der Waals surface area contributed by atoms with Gasteiger partial charge in [-0.2, -0.15) is 0 Å². The number of aliphatic hydroxyl groups excluding tert-OH is 2. The molecule has 4 saturated heterocycles. The molecule has 11 rings (SSSR count). The van der Waals surface area contributed by atoms with Gasteiger partial charge in [-0.3, -0.25) is 9.59 Å². The van der Waals surface area contributed by atoms with Crippen LogP contribution >= 0.6 is 0 Å². The van der Waals surface area contributed by atoms with Crippen molar-refractivity contribution in [1.29, 1.82) is 0 Å². The van der Waals surface area contributed by atoms with Crippen molar-refractivity contribution in [2.75, 3.05) is 0 Å². The fraction of sp³-hybridized carbons (Fsp3) is 0.667. The highest BCUT2D eigenvalue weighted by Crippen LogP contribution is 2.60. The maximum atomic E-state index is 15.1. The van der Waals surface area contributed by atoms with E-state index < -0.39 is 125 Å². The van der Waals surface area contributed by atoms with Gasteiger partial charge in [0.2, 0.25) is 0 Å². The van der Waals surface area contributed by atoms with Gasteiger partial charge in [-0.1, -0.05) is 77.0 Å². The first-order valence-corrected chi connectivity index (χ1v) is 28.8. The molecule has 4 aliphatic heterocycles. The Morgan fingerprint density at radius 1 is 0.823 bits per heavy atom. The molecule has 2 aromatic heterocycles. The molecule has 1 aromatic carbocycles. The summed E-state index contributed by atoms with van der Waals surface area (Å²) in [6.07, 6.45) is 3.43. The van der Waals surface area contributed by atoms with Gasteiger partial charge in [-0.15, -0.1) is 0 Å². The highest BCUT2D eigenvalue weighted by atomic mass is 16.7. The van der Waals surface area contributed by atoms with E-state index in [4.69, 9.17) is 38.9 Å². The van der Waals surface area contributed by atoms with Gasteiger partial charge in [-0.05, 0) is 102 Å². The summed E-state index contributed by atoms with van der Waals surface area (Å²) in [5.74, 6) is -4.93. The lowest BCUT2D eigenvalue weighted by molar-refractivity contribution is -0.339. The number of H-pyrrole nitrogens is 2. The van der Waals surface area contributed by atoms with Crippen LogP contribution in [-0.2, 0) is 47.5 Å². The van der Waals surface area contributed by atoms with E-state index in [2.05, 4.69) is 21.4 Å². The smallest absolute Gasteiger partial charge is 0.355 e. The average Bonchev–Trinajstić information content (AvgIpc) is 4.24. The molecule has 19 nitrogen and oxygen atoms in total. The average molecular weight is 1100 g/mol. The summed E-state index contributed by atoms with van der Waals surface area (Å²) in [5, 5.41) is 52.0. The number of esters is 1. The molecule has 1 spiro atoms. The first kappa shape index (κ1) is 55.9. The lowest BCUT2D eigenvalue weighted by Gasteiger charge is -2.53. The van der Waals surface area contributed by atoms with Crippen LogP contribution in [0.2, 0.25) is 0 Å². The highest BCUT2D eigenvalue weighted by Gasteiger charge is 2.66. The van der Waals surface area contributed by atoms with E-state index in [0.29, 0.717) is 43.4 Å². The molecule has 8 aliphatic rings. The van der Waals surface area contributed by atoms with Gasteiger partial charge < -0.3 is 74.6 Å². The van der Waals surface area contributed by atoms with E-state index in [1.165, 1.54) is 0 Å². The molecule has 1 saturated carbocycles. The number of ketones is 1. The van der Waals surface area contributed by atoms with E-state index in [1.807, 2.05) is 58.0 Å². The summed E-state index contributed by atoms with van der Waals surface area (Å²) in [7, 11) is 0. The molecule has 1 amide bonds. The number of nitrogens with two attached hydrogens (primary N) is 1. The summed E-state index contributed by atoms with van der Waals surface area (Å²) in [4.78, 5) is 61.9. The molecule has 4 aliphatic carbocycles. The van der Waals surface area contributed by atoms with Crippen LogP contribution in [0.1, 0.15) is 137 Å². The van der Waals surface area contributed by atoms with Crippen LogP contribution in [0.3, 0.4) is 0 Å². The number of Topliss-reactive ketones (excluding diaryl/α,β-unsaturated/α-hetero) is 1. The number of carboxylic acids is 1. The third-order valence-electron chi connectivity index (χ3n) is 20.1. The molecule has 79 heavy (non-hydrogen) atoms. The van der Waals surface area contributed by atoms with Crippen LogP contribution < -0.4 is 11.1 Å². The van der Waals surface area contributed by atoms with Gasteiger partial charge in [0.05, 0.1) is 48.3 Å². The number of hydrogen-bond acceptors (Lipinski definition) is 15. The monoisotopic (exact) mass is 1100 g/mol. The van der Waals surface area contributed by atoms with Crippen LogP contribution in [0.25, 0.3) is 21.9 Å². The Hall–Kier alpha value is -4.96. The summed E-state index contributed by atoms with van der Waals surface area (Å²) < 4.78 is 45.0. The number of allylic oxidation sites excluding steroid dienone is 2. The second kappa shape index (κ2) is 20.8. The number of benzene rings is 1. The molecule has 9 unspecified atom stereocenters. The zero-order chi connectivity index (χ0) is 56.2. The summed E-state index contributed by atoms with van der Waals surface area (Å²) >= 11 is 0. The maximum absolute atomic E-state index is 15.1. The third-order valence-corrected chi connectivity index (χ3v) is 20.1. The molecule has 3 aromatic rings.